The lowest BCUT2D eigenvalue weighted by Gasteiger charge is -2.39. The molecule has 0 amide bonds. The Bertz CT molecular complexity index is 494. The fraction of sp³-hybridized carbons (Fsp3) is 0.562. The largest absolute Gasteiger partial charge is 0.493 e. The lowest BCUT2D eigenvalue weighted by Crippen LogP contribution is -2.45. The number of ether oxygens (including phenoxy) is 2. The third kappa shape index (κ3) is 4.36. The summed E-state index contributed by atoms with van der Waals surface area (Å²) in [6.07, 6.45) is 0. The molecule has 1 N–H and O–H groups in total. The molecular formula is C16H25NO4. The van der Waals surface area contributed by atoms with Gasteiger partial charge in [-0.1, -0.05) is 6.07 Å². The van der Waals surface area contributed by atoms with Crippen LogP contribution in [0.2, 0.25) is 0 Å². The summed E-state index contributed by atoms with van der Waals surface area (Å²) in [5, 5.41) is 9.14. The maximum Gasteiger partial charge on any atom is 0.317 e. The van der Waals surface area contributed by atoms with Crippen LogP contribution in [-0.4, -0.2) is 42.3 Å². The third-order valence-electron chi connectivity index (χ3n) is 3.52. The quantitative estimate of drug-likeness (QED) is 0.874. The Morgan fingerprint density at radius 3 is 2.24 bits per heavy atom. The molecule has 0 spiro atoms. The number of hydrogen-bond acceptors (Lipinski definition) is 4. The van der Waals surface area contributed by atoms with E-state index in [4.69, 9.17) is 14.6 Å². The molecule has 0 radical (unpaired) electrons. The summed E-state index contributed by atoms with van der Waals surface area (Å²) < 4.78 is 10.5. The minimum absolute atomic E-state index is 0.0149. The molecule has 0 saturated heterocycles. The number of carboxylic acids is 1. The van der Waals surface area contributed by atoms with Crippen molar-refractivity contribution in [2.24, 2.45) is 0 Å². The molecule has 0 aliphatic heterocycles. The standard InChI is InChI=1S/C16H25NO4/c1-11(17(10-15(18)19)16(2,3)4)12-7-8-13(20-5)14(9-12)21-6/h7-9,11H,10H2,1-6H3,(H,18,19). The summed E-state index contributed by atoms with van der Waals surface area (Å²) in [5.41, 5.74) is 0.731. The molecule has 21 heavy (non-hydrogen) atoms. The first-order chi connectivity index (χ1) is 9.70. The second-order valence-electron chi connectivity index (χ2n) is 5.98. The lowest BCUT2D eigenvalue weighted by molar-refractivity contribution is -0.140. The van der Waals surface area contributed by atoms with Crippen LogP contribution >= 0.6 is 0 Å². The molecule has 5 nitrogen and oxygen atoms in total. The van der Waals surface area contributed by atoms with Crippen molar-refractivity contribution >= 4 is 5.97 Å². The SMILES string of the molecule is COc1ccc(C(C)N(CC(=O)O)C(C)(C)C)cc1OC. The number of benzene rings is 1. The number of aliphatic carboxylic acids is 1. The summed E-state index contributed by atoms with van der Waals surface area (Å²) in [7, 11) is 3.18. The van der Waals surface area contributed by atoms with Gasteiger partial charge in [-0.15, -0.1) is 0 Å². The molecule has 0 fully saturated rings. The van der Waals surface area contributed by atoms with Gasteiger partial charge in [0.05, 0.1) is 20.8 Å². The molecule has 1 aromatic rings. The lowest BCUT2D eigenvalue weighted by atomic mass is 9.98. The van der Waals surface area contributed by atoms with Gasteiger partial charge in [-0.2, -0.15) is 0 Å². The van der Waals surface area contributed by atoms with Crippen molar-refractivity contribution in [2.75, 3.05) is 20.8 Å². The maximum atomic E-state index is 11.1. The van der Waals surface area contributed by atoms with Gasteiger partial charge in [-0.05, 0) is 45.4 Å². The van der Waals surface area contributed by atoms with Gasteiger partial charge in [0, 0.05) is 11.6 Å². The van der Waals surface area contributed by atoms with Gasteiger partial charge in [-0.3, -0.25) is 9.69 Å². The third-order valence-corrected chi connectivity index (χ3v) is 3.52. The van der Waals surface area contributed by atoms with E-state index in [1.165, 1.54) is 0 Å². The highest BCUT2D eigenvalue weighted by atomic mass is 16.5. The Balaban J connectivity index is 3.14. The molecular weight excluding hydrogens is 270 g/mol. The van der Waals surface area contributed by atoms with E-state index in [2.05, 4.69) is 0 Å². The zero-order valence-electron chi connectivity index (χ0n) is 13.6. The van der Waals surface area contributed by atoms with Crippen LogP contribution in [0.25, 0.3) is 0 Å². The van der Waals surface area contributed by atoms with Gasteiger partial charge in [0.1, 0.15) is 0 Å². The predicted octanol–water partition coefficient (Wildman–Crippen LogP) is 2.95. The number of hydrogen-bond donors (Lipinski definition) is 1. The summed E-state index contributed by atoms with van der Waals surface area (Å²) >= 11 is 0. The first-order valence-corrected chi connectivity index (χ1v) is 6.91. The van der Waals surface area contributed by atoms with Crippen LogP contribution in [0.15, 0.2) is 18.2 Å². The highest BCUT2D eigenvalue weighted by Crippen LogP contribution is 2.34. The van der Waals surface area contributed by atoms with Crippen LogP contribution in [0.3, 0.4) is 0 Å². The molecule has 1 rings (SSSR count). The zero-order valence-corrected chi connectivity index (χ0v) is 13.6. The van der Waals surface area contributed by atoms with E-state index in [0.717, 1.165) is 5.56 Å². The highest BCUT2D eigenvalue weighted by molar-refractivity contribution is 5.69. The molecule has 0 aliphatic carbocycles. The van der Waals surface area contributed by atoms with E-state index in [1.54, 1.807) is 14.2 Å². The highest BCUT2D eigenvalue weighted by Gasteiger charge is 2.29. The van der Waals surface area contributed by atoms with Crippen LogP contribution in [0.1, 0.15) is 39.3 Å². The number of carboxylic acid groups (broad SMARTS) is 1. The van der Waals surface area contributed by atoms with Crippen molar-refractivity contribution in [1.82, 2.24) is 4.90 Å². The minimum Gasteiger partial charge on any atom is -0.493 e. The topological polar surface area (TPSA) is 59.0 Å². The van der Waals surface area contributed by atoms with E-state index in [1.807, 2.05) is 50.8 Å². The van der Waals surface area contributed by atoms with Crippen molar-refractivity contribution in [1.29, 1.82) is 0 Å². The van der Waals surface area contributed by atoms with Crippen LogP contribution in [-0.2, 0) is 4.79 Å². The van der Waals surface area contributed by atoms with E-state index in [0.29, 0.717) is 11.5 Å². The minimum atomic E-state index is -0.836. The average molecular weight is 295 g/mol. The first-order valence-electron chi connectivity index (χ1n) is 6.91. The zero-order chi connectivity index (χ0) is 16.2. The van der Waals surface area contributed by atoms with Crippen molar-refractivity contribution in [3.8, 4) is 11.5 Å². The van der Waals surface area contributed by atoms with Gasteiger partial charge < -0.3 is 14.6 Å². The van der Waals surface area contributed by atoms with Crippen molar-refractivity contribution in [3.05, 3.63) is 23.8 Å². The van der Waals surface area contributed by atoms with E-state index < -0.39 is 5.97 Å². The molecule has 5 heteroatoms. The first kappa shape index (κ1) is 17.3. The summed E-state index contributed by atoms with van der Waals surface area (Å²) in [4.78, 5) is 13.1. The van der Waals surface area contributed by atoms with Crippen LogP contribution < -0.4 is 9.47 Å². The van der Waals surface area contributed by atoms with Crippen molar-refractivity contribution < 1.29 is 19.4 Å². The molecule has 0 bridgehead atoms. The van der Waals surface area contributed by atoms with E-state index in [9.17, 15) is 4.79 Å². The second-order valence-corrected chi connectivity index (χ2v) is 5.98. The van der Waals surface area contributed by atoms with E-state index in [-0.39, 0.29) is 18.1 Å². The smallest absolute Gasteiger partial charge is 0.317 e. The molecule has 1 atom stereocenters. The fourth-order valence-corrected chi connectivity index (χ4v) is 2.39. The number of carbonyl (C=O) groups is 1. The monoisotopic (exact) mass is 295 g/mol. The van der Waals surface area contributed by atoms with E-state index >= 15 is 0 Å². The molecule has 118 valence electrons. The Labute approximate surface area is 126 Å². The van der Waals surface area contributed by atoms with Gasteiger partial charge in [0.2, 0.25) is 0 Å². The van der Waals surface area contributed by atoms with Crippen LogP contribution in [0, 0.1) is 0 Å². The van der Waals surface area contributed by atoms with Gasteiger partial charge >= 0.3 is 5.97 Å². The molecule has 0 aliphatic rings. The Morgan fingerprint density at radius 1 is 1.24 bits per heavy atom. The molecule has 1 aromatic carbocycles. The van der Waals surface area contributed by atoms with Crippen molar-refractivity contribution in [2.45, 2.75) is 39.3 Å². The van der Waals surface area contributed by atoms with Gasteiger partial charge in [0.15, 0.2) is 11.5 Å². The summed E-state index contributed by atoms with van der Waals surface area (Å²) in [6.45, 7) is 8.00. The Hall–Kier alpha value is -1.75. The van der Waals surface area contributed by atoms with Crippen LogP contribution in [0.5, 0.6) is 11.5 Å². The maximum absolute atomic E-state index is 11.1. The molecule has 0 heterocycles. The molecule has 0 aromatic heterocycles. The summed E-state index contributed by atoms with van der Waals surface area (Å²) in [5.74, 6) is 0.470. The normalized spacial score (nSPS) is 13.1. The van der Waals surface area contributed by atoms with Crippen LogP contribution in [0.4, 0.5) is 0 Å². The van der Waals surface area contributed by atoms with Gasteiger partial charge in [-0.25, -0.2) is 0 Å². The average Bonchev–Trinajstić information content (AvgIpc) is 2.41. The number of nitrogens with zero attached hydrogens (tertiary/aromatic N) is 1. The fourth-order valence-electron chi connectivity index (χ4n) is 2.39. The number of methoxy groups -OCH3 is 2. The summed E-state index contributed by atoms with van der Waals surface area (Å²) in [6, 6.07) is 5.61. The van der Waals surface area contributed by atoms with Crippen molar-refractivity contribution in [3.63, 3.8) is 0 Å². The number of rotatable bonds is 6. The predicted molar refractivity (Wildman–Crippen MR) is 82.1 cm³/mol. The molecule has 1 unspecified atom stereocenters. The van der Waals surface area contributed by atoms with Gasteiger partial charge in [0.25, 0.3) is 0 Å². The molecule has 0 saturated carbocycles. The second kappa shape index (κ2) is 6.80. The Kier molecular flexibility index (Phi) is 5.61. The Morgan fingerprint density at radius 2 is 1.81 bits per heavy atom.